The smallest absolute Gasteiger partial charge is 0.239 e. The summed E-state index contributed by atoms with van der Waals surface area (Å²) in [5.41, 5.74) is 1.12. The summed E-state index contributed by atoms with van der Waals surface area (Å²) < 4.78 is 7.05. The minimum absolute atomic E-state index is 0.00595. The monoisotopic (exact) mass is 238 g/mol. The average molecular weight is 238 g/mol. The number of carbonyl (C=O) groups is 1. The summed E-state index contributed by atoms with van der Waals surface area (Å²) in [6.07, 6.45) is 3.76. The molecule has 6 nitrogen and oxygen atoms in total. The zero-order valence-corrected chi connectivity index (χ0v) is 9.98. The molecule has 0 saturated carbocycles. The fourth-order valence-electron chi connectivity index (χ4n) is 1.74. The Hall–Kier alpha value is -1.40. The number of nitrogens with zero attached hydrogens (tertiary/aromatic N) is 2. The number of ether oxygens (including phenoxy) is 1. The third-order valence-electron chi connectivity index (χ3n) is 2.64. The molecule has 2 heterocycles. The molecular formula is C11H18N4O2. The van der Waals surface area contributed by atoms with Gasteiger partial charge in [0, 0.05) is 19.3 Å². The highest BCUT2D eigenvalue weighted by Gasteiger charge is 2.20. The normalized spacial score (nSPS) is 20.2. The fraction of sp³-hybridized carbons (Fsp3) is 0.636. The molecule has 2 rings (SSSR count). The van der Waals surface area contributed by atoms with Crippen molar-refractivity contribution >= 4 is 5.91 Å². The van der Waals surface area contributed by atoms with Crippen LogP contribution in [0.4, 0.5) is 0 Å². The SMILES string of the molecule is Cc1cnn(CCNC(=O)C2COCCN2)c1. The second-order valence-electron chi connectivity index (χ2n) is 4.15. The van der Waals surface area contributed by atoms with E-state index < -0.39 is 0 Å². The van der Waals surface area contributed by atoms with Gasteiger partial charge in [0.25, 0.3) is 0 Å². The molecule has 94 valence electrons. The second-order valence-corrected chi connectivity index (χ2v) is 4.15. The molecule has 1 aromatic heterocycles. The molecule has 1 aliphatic rings. The molecule has 1 unspecified atom stereocenters. The van der Waals surface area contributed by atoms with Crippen LogP contribution in [0, 0.1) is 6.92 Å². The maximum atomic E-state index is 11.7. The Labute approximate surface area is 100 Å². The highest BCUT2D eigenvalue weighted by atomic mass is 16.5. The van der Waals surface area contributed by atoms with E-state index in [1.807, 2.05) is 17.8 Å². The summed E-state index contributed by atoms with van der Waals surface area (Å²) in [6, 6.07) is -0.219. The van der Waals surface area contributed by atoms with Gasteiger partial charge < -0.3 is 15.4 Å². The summed E-state index contributed by atoms with van der Waals surface area (Å²) in [7, 11) is 0. The lowest BCUT2D eigenvalue weighted by Crippen LogP contribution is -2.51. The predicted octanol–water partition coefficient (Wildman–Crippen LogP) is -0.704. The van der Waals surface area contributed by atoms with E-state index >= 15 is 0 Å². The number of rotatable bonds is 4. The number of hydrogen-bond donors (Lipinski definition) is 2. The van der Waals surface area contributed by atoms with Crippen molar-refractivity contribution in [3.63, 3.8) is 0 Å². The van der Waals surface area contributed by atoms with Gasteiger partial charge in [-0.15, -0.1) is 0 Å². The summed E-state index contributed by atoms with van der Waals surface area (Å²) in [4.78, 5) is 11.7. The van der Waals surface area contributed by atoms with E-state index in [0.29, 0.717) is 26.3 Å². The third kappa shape index (κ3) is 3.54. The summed E-state index contributed by atoms with van der Waals surface area (Å²) in [5, 5.41) is 10.1. The molecule has 0 aliphatic carbocycles. The molecule has 0 radical (unpaired) electrons. The first-order valence-electron chi connectivity index (χ1n) is 5.83. The summed E-state index contributed by atoms with van der Waals surface area (Å²) in [5.74, 6) is -0.00595. The van der Waals surface area contributed by atoms with E-state index in [4.69, 9.17) is 4.74 Å². The zero-order chi connectivity index (χ0) is 12.1. The molecule has 1 saturated heterocycles. The summed E-state index contributed by atoms with van der Waals surface area (Å²) in [6.45, 7) is 5.12. The minimum atomic E-state index is -0.219. The van der Waals surface area contributed by atoms with Crippen LogP contribution >= 0.6 is 0 Å². The molecule has 1 amide bonds. The molecule has 17 heavy (non-hydrogen) atoms. The van der Waals surface area contributed by atoms with Crippen molar-refractivity contribution in [3.05, 3.63) is 18.0 Å². The summed E-state index contributed by atoms with van der Waals surface area (Å²) >= 11 is 0. The maximum absolute atomic E-state index is 11.7. The quantitative estimate of drug-likeness (QED) is 0.727. The van der Waals surface area contributed by atoms with Gasteiger partial charge in [0.05, 0.1) is 26.0 Å². The van der Waals surface area contributed by atoms with Crippen molar-refractivity contribution in [2.75, 3.05) is 26.3 Å². The van der Waals surface area contributed by atoms with Crippen molar-refractivity contribution in [2.24, 2.45) is 0 Å². The zero-order valence-electron chi connectivity index (χ0n) is 9.98. The van der Waals surface area contributed by atoms with Gasteiger partial charge in [-0.1, -0.05) is 0 Å². The number of aryl methyl sites for hydroxylation is 1. The number of aromatic nitrogens is 2. The number of carbonyl (C=O) groups excluding carboxylic acids is 1. The largest absolute Gasteiger partial charge is 0.378 e. The number of morpholine rings is 1. The van der Waals surface area contributed by atoms with Crippen LogP contribution < -0.4 is 10.6 Å². The Balaban J connectivity index is 1.69. The van der Waals surface area contributed by atoms with E-state index in [1.54, 1.807) is 6.20 Å². The van der Waals surface area contributed by atoms with Gasteiger partial charge in [-0.25, -0.2) is 0 Å². The standard InChI is InChI=1S/C11H18N4O2/c1-9-6-14-15(7-9)4-2-13-11(16)10-8-17-5-3-12-10/h6-7,10,12H,2-5,8H2,1H3,(H,13,16). The van der Waals surface area contributed by atoms with Crippen molar-refractivity contribution < 1.29 is 9.53 Å². The Morgan fingerprint density at radius 3 is 3.29 bits per heavy atom. The second kappa shape index (κ2) is 5.79. The van der Waals surface area contributed by atoms with E-state index in [-0.39, 0.29) is 11.9 Å². The molecule has 0 aromatic carbocycles. The molecule has 1 aliphatic heterocycles. The molecular weight excluding hydrogens is 220 g/mol. The van der Waals surface area contributed by atoms with Crippen molar-refractivity contribution in [2.45, 2.75) is 19.5 Å². The van der Waals surface area contributed by atoms with Crippen LogP contribution in [0.1, 0.15) is 5.56 Å². The number of nitrogens with one attached hydrogen (secondary N) is 2. The van der Waals surface area contributed by atoms with Crippen molar-refractivity contribution in [3.8, 4) is 0 Å². The Morgan fingerprint density at radius 2 is 2.65 bits per heavy atom. The van der Waals surface area contributed by atoms with Crippen LogP contribution in [-0.4, -0.2) is 48.0 Å². The van der Waals surface area contributed by atoms with Gasteiger partial charge in [0.15, 0.2) is 0 Å². The van der Waals surface area contributed by atoms with Gasteiger partial charge in [0.2, 0.25) is 5.91 Å². The average Bonchev–Trinajstić information content (AvgIpc) is 2.76. The van der Waals surface area contributed by atoms with E-state index in [0.717, 1.165) is 12.1 Å². The predicted molar refractivity (Wildman–Crippen MR) is 62.6 cm³/mol. The number of hydrogen-bond acceptors (Lipinski definition) is 4. The lowest BCUT2D eigenvalue weighted by molar-refractivity contribution is -0.125. The van der Waals surface area contributed by atoms with Crippen LogP contribution in [0.2, 0.25) is 0 Å². The molecule has 0 spiro atoms. The van der Waals surface area contributed by atoms with Crippen LogP contribution in [0.3, 0.4) is 0 Å². The first kappa shape index (κ1) is 12.1. The lowest BCUT2D eigenvalue weighted by Gasteiger charge is -2.22. The first-order chi connectivity index (χ1) is 8.25. The third-order valence-corrected chi connectivity index (χ3v) is 2.64. The molecule has 1 atom stereocenters. The van der Waals surface area contributed by atoms with Crippen LogP contribution in [0.15, 0.2) is 12.4 Å². The maximum Gasteiger partial charge on any atom is 0.239 e. The van der Waals surface area contributed by atoms with Gasteiger partial charge in [-0.05, 0) is 12.5 Å². The van der Waals surface area contributed by atoms with Crippen molar-refractivity contribution in [1.82, 2.24) is 20.4 Å². The molecule has 0 bridgehead atoms. The first-order valence-corrected chi connectivity index (χ1v) is 5.83. The van der Waals surface area contributed by atoms with E-state index in [2.05, 4.69) is 15.7 Å². The molecule has 1 aromatic rings. The highest BCUT2D eigenvalue weighted by Crippen LogP contribution is 1.94. The van der Waals surface area contributed by atoms with Gasteiger partial charge in [-0.2, -0.15) is 5.10 Å². The van der Waals surface area contributed by atoms with Gasteiger partial charge in [-0.3, -0.25) is 9.48 Å². The minimum Gasteiger partial charge on any atom is -0.378 e. The van der Waals surface area contributed by atoms with Crippen LogP contribution in [0.25, 0.3) is 0 Å². The Morgan fingerprint density at radius 1 is 1.76 bits per heavy atom. The van der Waals surface area contributed by atoms with Gasteiger partial charge >= 0.3 is 0 Å². The Bertz CT molecular complexity index is 371. The lowest BCUT2D eigenvalue weighted by atomic mass is 10.2. The number of amides is 1. The molecule has 6 heteroatoms. The topological polar surface area (TPSA) is 68.2 Å². The Kier molecular flexibility index (Phi) is 4.11. The molecule has 1 fully saturated rings. The van der Waals surface area contributed by atoms with Crippen LogP contribution in [0.5, 0.6) is 0 Å². The van der Waals surface area contributed by atoms with Gasteiger partial charge in [0.1, 0.15) is 6.04 Å². The fourth-order valence-corrected chi connectivity index (χ4v) is 1.74. The van der Waals surface area contributed by atoms with Crippen molar-refractivity contribution in [1.29, 1.82) is 0 Å². The molecule has 2 N–H and O–H groups in total. The highest BCUT2D eigenvalue weighted by molar-refractivity contribution is 5.81. The van der Waals surface area contributed by atoms with Crippen LogP contribution in [-0.2, 0) is 16.1 Å². The van der Waals surface area contributed by atoms with E-state index in [9.17, 15) is 4.79 Å². The van der Waals surface area contributed by atoms with E-state index in [1.165, 1.54) is 0 Å².